The van der Waals surface area contributed by atoms with Gasteiger partial charge in [0.25, 0.3) is 0 Å². The molecule has 2 atom stereocenters. The summed E-state index contributed by atoms with van der Waals surface area (Å²) >= 11 is 0. The van der Waals surface area contributed by atoms with Gasteiger partial charge < -0.3 is 9.47 Å². The van der Waals surface area contributed by atoms with Gasteiger partial charge in [-0.15, -0.1) is 0 Å². The fourth-order valence-electron chi connectivity index (χ4n) is 1.69. The molecule has 2 unspecified atom stereocenters. The molecule has 3 heteroatoms. The zero-order valence-electron chi connectivity index (χ0n) is 7.79. The monoisotopic (exact) mass is 182 g/mol. The summed E-state index contributed by atoms with van der Waals surface area (Å²) in [6.07, 6.45) is 9.98. The van der Waals surface area contributed by atoms with Crippen molar-refractivity contribution >= 4 is 6.16 Å². The number of terminal acetylenes is 1. The quantitative estimate of drug-likeness (QED) is 0.461. The Balaban J connectivity index is 2.28. The van der Waals surface area contributed by atoms with E-state index in [2.05, 4.69) is 11.7 Å². The Labute approximate surface area is 78.4 Å². The Bertz CT molecular complexity index is 217. The maximum atomic E-state index is 10.8. The highest BCUT2D eigenvalue weighted by atomic mass is 16.7. The lowest BCUT2D eigenvalue weighted by molar-refractivity contribution is 0.0263. The second-order valence-corrected chi connectivity index (χ2v) is 3.48. The van der Waals surface area contributed by atoms with Crippen molar-refractivity contribution < 1.29 is 14.3 Å². The lowest BCUT2D eigenvalue weighted by atomic mass is 9.89. The van der Waals surface area contributed by atoms with Crippen LogP contribution in [-0.2, 0) is 9.47 Å². The predicted octanol–water partition coefficient (Wildman–Crippen LogP) is 2.31. The third kappa shape index (κ3) is 3.37. The molecule has 0 aromatic heterocycles. The molecule has 72 valence electrons. The number of ether oxygens (including phenoxy) is 2. The van der Waals surface area contributed by atoms with Crippen molar-refractivity contribution in [2.45, 2.75) is 38.7 Å². The molecule has 0 spiro atoms. The van der Waals surface area contributed by atoms with Crippen LogP contribution in [0.1, 0.15) is 32.6 Å². The van der Waals surface area contributed by atoms with Crippen LogP contribution in [0.25, 0.3) is 0 Å². The molecule has 13 heavy (non-hydrogen) atoms. The zero-order valence-corrected chi connectivity index (χ0v) is 7.79. The van der Waals surface area contributed by atoms with Crippen LogP contribution in [0.15, 0.2) is 0 Å². The minimum atomic E-state index is -0.749. The van der Waals surface area contributed by atoms with Gasteiger partial charge >= 0.3 is 6.16 Å². The first-order valence-corrected chi connectivity index (χ1v) is 4.55. The molecular weight excluding hydrogens is 168 g/mol. The van der Waals surface area contributed by atoms with E-state index in [4.69, 9.17) is 11.2 Å². The Hall–Kier alpha value is -1.17. The molecule has 0 radical (unpaired) electrons. The van der Waals surface area contributed by atoms with Crippen LogP contribution in [0.3, 0.4) is 0 Å². The second kappa shape index (κ2) is 4.76. The van der Waals surface area contributed by atoms with Crippen molar-refractivity contribution in [2.75, 3.05) is 0 Å². The minimum absolute atomic E-state index is 0.00963. The van der Waals surface area contributed by atoms with Gasteiger partial charge in [0, 0.05) is 0 Å². The predicted molar refractivity (Wildman–Crippen MR) is 47.8 cm³/mol. The maximum Gasteiger partial charge on any atom is 0.522 e. The fourth-order valence-corrected chi connectivity index (χ4v) is 1.69. The summed E-state index contributed by atoms with van der Waals surface area (Å²) in [5.41, 5.74) is 0. The number of hydrogen-bond acceptors (Lipinski definition) is 3. The molecule has 1 aliphatic rings. The fraction of sp³-hybridized carbons (Fsp3) is 0.700. The molecule has 0 aliphatic heterocycles. The summed E-state index contributed by atoms with van der Waals surface area (Å²) in [6, 6.07) is 0. The van der Waals surface area contributed by atoms with Crippen LogP contribution in [0.4, 0.5) is 4.79 Å². The Morgan fingerprint density at radius 3 is 2.92 bits per heavy atom. The van der Waals surface area contributed by atoms with Crippen molar-refractivity contribution in [2.24, 2.45) is 5.92 Å². The van der Waals surface area contributed by atoms with Gasteiger partial charge in [0.1, 0.15) is 12.2 Å². The Kier molecular flexibility index (Phi) is 3.63. The summed E-state index contributed by atoms with van der Waals surface area (Å²) < 4.78 is 9.24. The first-order chi connectivity index (χ1) is 6.22. The van der Waals surface area contributed by atoms with Crippen molar-refractivity contribution in [3.8, 4) is 12.5 Å². The molecule has 0 heterocycles. The highest BCUT2D eigenvalue weighted by molar-refractivity contribution is 5.61. The molecule has 1 saturated carbocycles. The maximum absolute atomic E-state index is 10.8. The third-order valence-electron chi connectivity index (χ3n) is 2.29. The topological polar surface area (TPSA) is 35.5 Å². The van der Waals surface area contributed by atoms with Gasteiger partial charge in [-0.3, -0.25) is 0 Å². The second-order valence-electron chi connectivity index (χ2n) is 3.48. The van der Waals surface area contributed by atoms with Gasteiger partial charge in [0.2, 0.25) is 0 Å². The van der Waals surface area contributed by atoms with E-state index in [-0.39, 0.29) is 6.10 Å². The molecule has 1 aliphatic carbocycles. The van der Waals surface area contributed by atoms with E-state index in [1.165, 1.54) is 6.42 Å². The number of hydrogen-bond donors (Lipinski definition) is 0. The molecule has 0 bridgehead atoms. The summed E-state index contributed by atoms with van der Waals surface area (Å²) in [4.78, 5) is 10.8. The van der Waals surface area contributed by atoms with Crippen molar-refractivity contribution in [1.29, 1.82) is 0 Å². The van der Waals surface area contributed by atoms with E-state index in [0.29, 0.717) is 5.92 Å². The van der Waals surface area contributed by atoms with Crippen LogP contribution >= 0.6 is 0 Å². The van der Waals surface area contributed by atoms with E-state index >= 15 is 0 Å². The number of carbonyl (C=O) groups is 1. The van der Waals surface area contributed by atoms with Crippen LogP contribution in [0, 0.1) is 18.4 Å². The number of carbonyl (C=O) groups excluding carboxylic acids is 1. The lowest BCUT2D eigenvalue weighted by Crippen LogP contribution is -2.24. The molecule has 1 fully saturated rings. The van der Waals surface area contributed by atoms with E-state index in [1.54, 1.807) is 6.11 Å². The van der Waals surface area contributed by atoms with Gasteiger partial charge in [-0.1, -0.05) is 19.8 Å². The molecule has 0 saturated heterocycles. The van der Waals surface area contributed by atoms with Crippen LogP contribution in [-0.4, -0.2) is 12.3 Å². The van der Waals surface area contributed by atoms with Gasteiger partial charge in [0.05, 0.1) is 0 Å². The Morgan fingerprint density at radius 1 is 1.54 bits per heavy atom. The van der Waals surface area contributed by atoms with Crippen molar-refractivity contribution in [3.63, 3.8) is 0 Å². The average Bonchev–Trinajstić information content (AvgIpc) is 2.04. The van der Waals surface area contributed by atoms with Crippen LogP contribution < -0.4 is 0 Å². The van der Waals surface area contributed by atoms with Gasteiger partial charge in [-0.05, 0) is 25.2 Å². The summed E-state index contributed by atoms with van der Waals surface area (Å²) in [7, 11) is 0. The smallest absolute Gasteiger partial charge is 0.430 e. The van der Waals surface area contributed by atoms with Crippen molar-refractivity contribution in [1.82, 2.24) is 0 Å². The van der Waals surface area contributed by atoms with Crippen molar-refractivity contribution in [3.05, 3.63) is 0 Å². The summed E-state index contributed by atoms with van der Waals surface area (Å²) in [6.45, 7) is 2.15. The minimum Gasteiger partial charge on any atom is -0.430 e. The standard InChI is InChI=1S/C10H14O3/c1-3-12-10(11)13-9-6-4-5-8(2)7-9/h1,8-9H,4-7H2,2H3. The molecular formula is C10H14O3. The normalized spacial score (nSPS) is 27.4. The molecule has 1 rings (SSSR count). The van der Waals surface area contributed by atoms with Gasteiger partial charge in [0.15, 0.2) is 0 Å². The van der Waals surface area contributed by atoms with Gasteiger partial charge in [-0.2, -0.15) is 0 Å². The number of rotatable bonds is 1. The van der Waals surface area contributed by atoms with E-state index in [0.717, 1.165) is 19.3 Å². The first kappa shape index (κ1) is 9.91. The molecule has 0 N–H and O–H groups in total. The van der Waals surface area contributed by atoms with E-state index < -0.39 is 6.16 Å². The van der Waals surface area contributed by atoms with E-state index in [9.17, 15) is 4.79 Å². The Morgan fingerprint density at radius 2 is 2.31 bits per heavy atom. The lowest BCUT2D eigenvalue weighted by Gasteiger charge is -2.25. The van der Waals surface area contributed by atoms with Crippen LogP contribution in [0.5, 0.6) is 0 Å². The average molecular weight is 182 g/mol. The molecule has 3 nitrogen and oxygen atoms in total. The van der Waals surface area contributed by atoms with Crippen LogP contribution in [0.2, 0.25) is 0 Å². The summed E-state index contributed by atoms with van der Waals surface area (Å²) in [5, 5.41) is 0. The SMILES string of the molecule is C#COC(=O)OC1CCCC(C)C1. The van der Waals surface area contributed by atoms with Gasteiger partial charge in [-0.25, -0.2) is 4.79 Å². The first-order valence-electron chi connectivity index (χ1n) is 4.55. The summed E-state index contributed by atoms with van der Waals surface area (Å²) in [5.74, 6) is 0.623. The third-order valence-corrected chi connectivity index (χ3v) is 2.29. The zero-order chi connectivity index (χ0) is 9.68. The molecule has 0 aromatic rings. The highest BCUT2D eigenvalue weighted by Gasteiger charge is 2.22. The highest BCUT2D eigenvalue weighted by Crippen LogP contribution is 2.25. The largest absolute Gasteiger partial charge is 0.522 e. The van der Waals surface area contributed by atoms with E-state index in [1.807, 2.05) is 0 Å². The molecule has 0 amide bonds. The molecule has 0 aromatic carbocycles.